The van der Waals surface area contributed by atoms with E-state index in [9.17, 15) is 21.6 Å². The van der Waals surface area contributed by atoms with E-state index < -0.39 is 28.4 Å². The molecule has 0 amide bonds. The van der Waals surface area contributed by atoms with E-state index in [0.717, 1.165) is 55.7 Å². The summed E-state index contributed by atoms with van der Waals surface area (Å²) in [5, 5.41) is 21.4. The van der Waals surface area contributed by atoms with Gasteiger partial charge in [0.15, 0.2) is 28.9 Å². The van der Waals surface area contributed by atoms with Gasteiger partial charge in [0.2, 0.25) is 10.0 Å². The summed E-state index contributed by atoms with van der Waals surface area (Å²) < 4.78 is 92.5. The Morgan fingerprint density at radius 3 is 2.42 bits per heavy atom. The molecule has 2 aromatic carbocycles. The van der Waals surface area contributed by atoms with Gasteiger partial charge in [0.1, 0.15) is 23.1 Å². The van der Waals surface area contributed by atoms with E-state index >= 15 is 4.39 Å². The van der Waals surface area contributed by atoms with Crippen molar-refractivity contribution in [3.63, 3.8) is 0 Å². The second-order valence-corrected chi connectivity index (χ2v) is 13.8. The van der Waals surface area contributed by atoms with E-state index in [-0.39, 0.29) is 52.5 Å². The number of hydrogen-bond donors (Lipinski definition) is 4. The second kappa shape index (κ2) is 13.7. The van der Waals surface area contributed by atoms with Crippen molar-refractivity contribution in [1.29, 1.82) is 0 Å². The van der Waals surface area contributed by atoms with Crippen LogP contribution in [0.5, 0.6) is 11.5 Å². The normalized spacial score (nSPS) is 14.2. The van der Waals surface area contributed by atoms with Crippen molar-refractivity contribution in [2.75, 3.05) is 50.2 Å². The molecule has 1 aliphatic rings. The molecule has 3 aromatic heterocycles. The third-order valence-corrected chi connectivity index (χ3v) is 9.64. The predicted octanol–water partition coefficient (Wildman–Crippen LogP) is 4.54. The third kappa shape index (κ3) is 7.28. The summed E-state index contributed by atoms with van der Waals surface area (Å²) >= 11 is 0. The lowest BCUT2D eigenvalue weighted by Crippen LogP contribution is -2.27. The number of aromatic amines is 2. The largest absolute Gasteiger partial charge is 0.497 e. The molecule has 19 heteroatoms. The molecule has 14 nitrogen and oxygen atoms in total. The van der Waals surface area contributed by atoms with Crippen LogP contribution in [0.25, 0.3) is 33.9 Å². The lowest BCUT2D eigenvalue weighted by Gasteiger charge is -2.21. The van der Waals surface area contributed by atoms with Crippen molar-refractivity contribution in [3.8, 4) is 34.4 Å². The molecule has 0 aliphatic carbocycles. The fourth-order valence-electron chi connectivity index (χ4n) is 5.82. The Labute approximate surface area is 284 Å². The fourth-order valence-corrected chi connectivity index (χ4v) is 6.35. The number of rotatable bonds is 11. The molecule has 266 valence electrons. The molecule has 0 bridgehead atoms. The SMILES string of the molecule is COc1ccc(N(C)S(C)(=O)=O)c(CNc2nc(-c3cc(F)c(OC)cc3CC(F)(F)F)nc3n[nH]c(-c4n[nH]c(C5CCNCC5)n4)c23)c1. The first-order chi connectivity index (χ1) is 23.8. The highest BCUT2D eigenvalue weighted by molar-refractivity contribution is 7.92. The van der Waals surface area contributed by atoms with Crippen LogP contribution >= 0.6 is 0 Å². The quantitative estimate of drug-likeness (QED) is 0.141. The standard InChI is InChI=1S/C31H34F4N10O4S/c1-45(50(4,46)47)22-6-5-19(48-2)11-18(22)15-37-28-24-25(30-38-26(42-44-30)16-7-9-36-10-8-16)41-43-29(24)40-27(39-28)20-13-21(32)23(49-3)12-17(20)14-31(33,34)35/h5-6,11-13,16,36H,7-10,14-15H2,1-4H3,(H,38,42,44)(H2,37,39,40,41,43). The molecule has 0 saturated carbocycles. The molecule has 50 heavy (non-hydrogen) atoms. The Morgan fingerprint density at radius 2 is 1.74 bits per heavy atom. The predicted molar refractivity (Wildman–Crippen MR) is 177 cm³/mol. The van der Waals surface area contributed by atoms with E-state index in [1.165, 1.54) is 14.2 Å². The number of H-pyrrole nitrogens is 2. The average molecular weight is 719 g/mol. The zero-order valence-electron chi connectivity index (χ0n) is 27.4. The number of piperidine rings is 1. The molecule has 5 aromatic rings. The summed E-state index contributed by atoms with van der Waals surface area (Å²) in [6.45, 7) is 1.63. The van der Waals surface area contributed by atoms with Gasteiger partial charge in [0.05, 0.1) is 38.0 Å². The third-order valence-electron chi connectivity index (χ3n) is 8.44. The Balaban J connectivity index is 1.50. The van der Waals surface area contributed by atoms with Gasteiger partial charge in [-0.3, -0.25) is 14.5 Å². The number of nitrogens with zero attached hydrogens (tertiary/aromatic N) is 6. The highest BCUT2D eigenvalue weighted by Crippen LogP contribution is 2.37. The number of sulfonamides is 1. The molecule has 6 rings (SSSR count). The number of hydrogen-bond acceptors (Lipinski definition) is 11. The number of benzene rings is 2. The molecular formula is C31H34F4N10O4S. The topological polar surface area (TPSA) is 176 Å². The highest BCUT2D eigenvalue weighted by atomic mass is 32.2. The van der Waals surface area contributed by atoms with E-state index in [4.69, 9.17) is 14.5 Å². The van der Waals surface area contributed by atoms with Crippen LogP contribution in [0.1, 0.15) is 35.7 Å². The van der Waals surface area contributed by atoms with E-state index in [2.05, 4.69) is 41.0 Å². The minimum Gasteiger partial charge on any atom is -0.497 e. The summed E-state index contributed by atoms with van der Waals surface area (Å²) in [5.41, 5.74) is 0.636. The number of anilines is 2. The first kappa shape index (κ1) is 34.8. The number of ether oxygens (including phenoxy) is 2. The molecule has 0 atom stereocenters. The van der Waals surface area contributed by atoms with Crippen molar-refractivity contribution >= 4 is 32.6 Å². The Bertz CT molecular complexity index is 2130. The molecular weight excluding hydrogens is 684 g/mol. The summed E-state index contributed by atoms with van der Waals surface area (Å²) in [6, 6.07) is 6.69. The summed E-state index contributed by atoms with van der Waals surface area (Å²) in [5.74, 6) is 0.105. The van der Waals surface area contributed by atoms with Crippen LogP contribution in [0.3, 0.4) is 0 Å². The Hall–Kier alpha value is -5.04. The van der Waals surface area contributed by atoms with Gasteiger partial charge < -0.3 is 20.1 Å². The second-order valence-electron chi connectivity index (χ2n) is 11.8. The maximum Gasteiger partial charge on any atom is 0.393 e. The lowest BCUT2D eigenvalue weighted by atomic mass is 9.98. The zero-order chi connectivity index (χ0) is 35.8. The summed E-state index contributed by atoms with van der Waals surface area (Å²) in [7, 11) is 0.352. The summed E-state index contributed by atoms with van der Waals surface area (Å²) in [4.78, 5) is 13.8. The number of alkyl halides is 3. The van der Waals surface area contributed by atoms with Crippen LogP contribution in [0.4, 0.5) is 29.1 Å². The van der Waals surface area contributed by atoms with Gasteiger partial charge in [0.25, 0.3) is 0 Å². The van der Waals surface area contributed by atoms with Crippen LogP contribution in [-0.2, 0) is 23.0 Å². The first-order valence-corrected chi connectivity index (χ1v) is 17.3. The molecule has 1 saturated heterocycles. The van der Waals surface area contributed by atoms with Crippen LogP contribution in [0, 0.1) is 5.82 Å². The van der Waals surface area contributed by atoms with Crippen molar-refractivity contribution in [3.05, 3.63) is 53.1 Å². The molecule has 0 radical (unpaired) electrons. The number of methoxy groups -OCH3 is 2. The average Bonchev–Trinajstić information content (AvgIpc) is 3.74. The van der Waals surface area contributed by atoms with Crippen LogP contribution in [-0.4, -0.2) is 90.6 Å². The minimum atomic E-state index is -4.64. The maximum atomic E-state index is 15.0. The van der Waals surface area contributed by atoms with Gasteiger partial charge in [-0.05, 0) is 67.4 Å². The number of nitrogens with one attached hydrogen (secondary N) is 4. The zero-order valence-corrected chi connectivity index (χ0v) is 28.3. The molecule has 0 spiro atoms. The number of halogens is 4. The molecule has 4 heterocycles. The molecule has 1 fully saturated rings. The smallest absolute Gasteiger partial charge is 0.393 e. The molecule has 1 aliphatic heterocycles. The van der Waals surface area contributed by atoms with Crippen LogP contribution in [0.15, 0.2) is 30.3 Å². The molecule has 0 unspecified atom stereocenters. The number of aromatic nitrogens is 7. The molecule has 4 N–H and O–H groups in total. The number of fused-ring (bicyclic) bond motifs is 1. The van der Waals surface area contributed by atoms with Gasteiger partial charge >= 0.3 is 6.18 Å². The van der Waals surface area contributed by atoms with Crippen molar-refractivity contribution < 1.29 is 35.5 Å². The fraction of sp³-hybridized carbons (Fsp3) is 0.387. The lowest BCUT2D eigenvalue weighted by molar-refractivity contribution is -0.127. The summed E-state index contributed by atoms with van der Waals surface area (Å²) in [6.07, 6.45) is -3.26. The van der Waals surface area contributed by atoms with E-state index in [0.29, 0.717) is 33.9 Å². The van der Waals surface area contributed by atoms with Gasteiger partial charge in [-0.1, -0.05) is 0 Å². The first-order valence-electron chi connectivity index (χ1n) is 15.4. The van der Waals surface area contributed by atoms with Crippen molar-refractivity contribution in [1.82, 2.24) is 40.7 Å². The maximum absolute atomic E-state index is 15.0. The Morgan fingerprint density at radius 1 is 0.980 bits per heavy atom. The minimum absolute atomic E-state index is 0.0361. The van der Waals surface area contributed by atoms with Crippen LogP contribution in [0.2, 0.25) is 0 Å². The van der Waals surface area contributed by atoms with Gasteiger partial charge in [0, 0.05) is 25.1 Å². The van der Waals surface area contributed by atoms with Gasteiger partial charge in [-0.2, -0.15) is 23.4 Å². The van der Waals surface area contributed by atoms with Crippen molar-refractivity contribution in [2.45, 2.75) is 37.9 Å². The monoisotopic (exact) mass is 718 g/mol. The van der Waals surface area contributed by atoms with Gasteiger partial charge in [-0.15, -0.1) is 0 Å². The van der Waals surface area contributed by atoms with Crippen LogP contribution < -0.4 is 24.4 Å². The van der Waals surface area contributed by atoms with E-state index in [1.807, 2.05) is 0 Å². The van der Waals surface area contributed by atoms with Crippen molar-refractivity contribution in [2.24, 2.45) is 0 Å². The Kier molecular flexibility index (Phi) is 9.54. The highest BCUT2D eigenvalue weighted by Gasteiger charge is 2.31. The van der Waals surface area contributed by atoms with Gasteiger partial charge in [-0.25, -0.2) is 27.8 Å². The van der Waals surface area contributed by atoms with E-state index in [1.54, 1.807) is 18.2 Å².